The third kappa shape index (κ3) is 3.60. The van der Waals surface area contributed by atoms with Crippen molar-refractivity contribution in [3.05, 3.63) is 42.7 Å². The van der Waals surface area contributed by atoms with E-state index in [1.165, 1.54) is 20.2 Å². The average molecular weight is 314 g/mol. The van der Waals surface area contributed by atoms with Gasteiger partial charge in [-0.15, -0.1) is 22.7 Å². The average Bonchev–Trinajstić information content (AvgIpc) is 2.98. The lowest BCUT2D eigenvalue weighted by atomic mass is 10.1. The van der Waals surface area contributed by atoms with Gasteiger partial charge in [-0.1, -0.05) is 25.4 Å². The standard InChI is InChI=1S/C15H20ClNS2/c1-4-11-6-7-12(19-11)8-13(17-5-2)15-14(16)10(3)9-18-15/h6-7,9,13,17H,4-5,8H2,1-3H3. The van der Waals surface area contributed by atoms with E-state index < -0.39 is 0 Å². The van der Waals surface area contributed by atoms with Crippen LogP contribution in [-0.2, 0) is 12.8 Å². The molecule has 0 aliphatic rings. The summed E-state index contributed by atoms with van der Waals surface area (Å²) in [6.07, 6.45) is 2.15. The van der Waals surface area contributed by atoms with Crippen molar-refractivity contribution >= 4 is 34.3 Å². The topological polar surface area (TPSA) is 12.0 Å². The molecule has 1 N–H and O–H groups in total. The highest BCUT2D eigenvalue weighted by molar-refractivity contribution is 7.12. The van der Waals surface area contributed by atoms with Crippen LogP contribution in [0.15, 0.2) is 17.5 Å². The van der Waals surface area contributed by atoms with E-state index in [2.05, 4.69) is 43.6 Å². The van der Waals surface area contributed by atoms with Crippen LogP contribution < -0.4 is 5.32 Å². The van der Waals surface area contributed by atoms with Gasteiger partial charge >= 0.3 is 0 Å². The Morgan fingerprint density at radius 2 is 2.00 bits per heavy atom. The van der Waals surface area contributed by atoms with Crippen molar-refractivity contribution in [1.82, 2.24) is 5.32 Å². The van der Waals surface area contributed by atoms with Crippen molar-refractivity contribution in [3.8, 4) is 0 Å². The molecule has 1 nitrogen and oxygen atoms in total. The van der Waals surface area contributed by atoms with Crippen LogP contribution in [-0.4, -0.2) is 6.54 Å². The first kappa shape index (κ1) is 15.0. The van der Waals surface area contributed by atoms with E-state index in [9.17, 15) is 0 Å². The first-order chi connectivity index (χ1) is 9.15. The molecular formula is C15H20ClNS2. The molecule has 104 valence electrons. The molecule has 2 aromatic rings. The van der Waals surface area contributed by atoms with E-state index in [4.69, 9.17) is 11.6 Å². The molecule has 0 saturated heterocycles. The number of rotatable bonds is 6. The van der Waals surface area contributed by atoms with Gasteiger partial charge in [0, 0.05) is 27.1 Å². The third-order valence-corrected chi connectivity index (χ3v) is 6.24. The van der Waals surface area contributed by atoms with Crippen molar-refractivity contribution in [1.29, 1.82) is 0 Å². The Hall–Kier alpha value is -0.350. The molecule has 4 heteroatoms. The number of halogens is 1. The molecule has 0 bridgehead atoms. The maximum atomic E-state index is 6.41. The molecule has 2 heterocycles. The van der Waals surface area contributed by atoms with Gasteiger partial charge in [0.1, 0.15) is 0 Å². The van der Waals surface area contributed by atoms with Crippen LogP contribution in [0.3, 0.4) is 0 Å². The maximum absolute atomic E-state index is 6.41. The molecule has 19 heavy (non-hydrogen) atoms. The Morgan fingerprint density at radius 3 is 2.53 bits per heavy atom. The Kier molecular flexibility index (Phi) is 5.46. The van der Waals surface area contributed by atoms with Gasteiger partial charge in [-0.2, -0.15) is 0 Å². The molecule has 1 atom stereocenters. The summed E-state index contributed by atoms with van der Waals surface area (Å²) in [4.78, 5) is 4.16. The number of likely N-dealkylation sites (N-methyl/N-ethyl adjacent to an activating group) is 1. The fourth-order valence-corrected chi connectivity index (χ4v) is 4.52. The predicted octanol–water partition coefficient (Wildman–Crippen LogP) is 5.23. The summed E-state index contributed by atoms with van der Waals surface area (Å²) in [7, 11) is 0. The van der Waals surface area contributed by atoms with Gasteiger partial charge in [-0.05, 0) is 43.0 Å². The van der Waals surface area contributed by atoms with Gasteiger partial charge in [0.25, 0.3) is 0 Å². The largest absolute Gasteiger partial charge is 0.309 e. The van der Waals surface area contributed by atoms with Crippen molar-refractivity contribution < 1.29 is 0 Å². The van der Waals surface area contributed by atoms with Gasteiger partial charge in [-0.3, -0.25) is 0 Å². The molecule has 0 spiro atoms. The number of aryl methyl sites for hydroxylation is 2. The molecule has 2 rings (SSSR count). The fourth-order valence-electron chi connectivity index (χ4n) is 2.11. The van der Waals surface area contributed by atoms with Crippen LogP contribution in [0.4, 0.5) is 0 Å². The fraction of sp³-hybridized carbons (Fsp3) is 0.467. The van der Waals surface area contributed by atoms with E-state index in [1.807, 2.05) is 11.3 Å². The van der Waals surface area contributed by atoms with E-state index >= 15 is 0 Å². The summed E-state index contributed by atoms with van der Waals surface area (Å²) < 4.78 is 0. The van der Waals surface area contributed by atoms with Gasteiger partial charge in [0.2, 0.25) is 0 Å². The molecule has 0 aliphatic carbocycles. The SMILES string of the molecule is CCNC(Cc1ccc(CC)s1)c1scc(C)c1Cl. The zero-order valence-corrected chi connectivity index (χ0v) is 14.0. The minimum atomic E-state index is 0.333. The Bertz CT molecular complexity index is 530. The smallest absolute Gasteiger partial charge is 0.0590 e. The lowest BCUT2D eigenvalue weighted by Gasteiger charge is -2.16. The second-order valence-corrected chi connectivity index (χ2v) is 7.17. The number of thiophene rings is 2. The summed E-state index contributed by atoms with van der Waals surface area (Å²) in [6, 6.07) is 4.83. The van der Waals surface area contributed by atoms with Crippen molar-refractivity contribution in [2.24, 2.45) is 0 Å². The quantitative estimate of drug-likeness (QED) is 0.770. The normalized spacial score (nSPS) is 12.8. The van der Waals surface area contributed by atoms with Crippen LogP contribution in [0.2, 0.25) is 5.02 Å². The lowest BCUT2D eigenvalue weighted by molar-refractivity contribution is 0.562. The zero-order chi connectivity index (χ0) is 13.8. The van der Waals surface area contributed by atoms with E-state index in [0.717, 1.165) is 24.4 Å². The minimum Gasteiger partial charge on any atom is -0.309 e. The summed E-state index contributed by atoms with van der Waals surface area (Å²) >= 11 is 10.1. The Balaban J connectivity index is 2.18. The predicted molar refractivity (Wildman–Crippen MR) is 87.9 cm³/mol. The van der Waals surface area contributed by atoms with Crippen LogP contribution >= 0.6 is 34.3 Å². The second-order valence-electron chi connectivity index (χ2n) is 4.63. The lowest BCUT2D eigenvalue weighted by Crippen LogP contribution is -2.22. The first-order valence-electron chi connectivity index (χ1n) is 6.70. The van der Waals surface area contributed by atoms with E-state index in [1.54, 1.807) is 11.3 Å². The summed E-state index contributed by atoms with van der Waals surface area (Å²) in [5, 5.41) is 6.64. The summed E-state index contributed by atoms with van der Waals surface area (Å²) in [5.74, 6) is 0. The molecule has 1 unspecified atom stereocenters. The molecule has 0 aliphatic heterocycles. The van der Waals surface area contributed by atoms with Crippen molar-refractivity contribution in [2.75, 3.05) is 6.54 Å². The molecular weight excluding hydrogens is 294 g/mol. The van der Waals surface area contributed by atoms with Crippen LogP contribution in [0.25, 0.3) is 0 Å². The highest BCUT2D eigenvalue weighted by atomic mass is 35.5. The highest BCUT2D eigenvalue weighted by Gasteiger charge is 2.18. The van der Waals surface area contributed by atoms with Crippen LogP contribution in [0.1, 0.15) is 40.1 Å². The highest BCUT2D eigenvalue weighted by Crippen LogP contribution is 2.35. The molecule has 0 aromatic carbocycles. The van der Waals surface area contributed by atoms with Gasteiger partial charge in [0.05, 0.1) is 5.02 Å². The van der Waals surface area contributed by atoms with Crippen LogP contribution in [0, 0.1) is 6.92 Å². The van der Waals surface area contributed by atoms with Gasteiger partial charge in [-0.25, -0.2) is 0 Å². The van der Waals surface area contributed by atoms with E-state index in [-0.39, 0.29) is 0 Å². The molecule has 2 aromatic heterocycles. The number of nitrogens with one attached hydrogen (secondary N) is 1. The number of hydrogen-bond acceptors (Lipinski definition) is 3. The van der Waals surface area contributed by atoms with E-state index in [0.29, 0.717) is 6.04 Å². The van der Waals surface area contributed by atoms with Gasteiger partial charge in [0.15, 0.2) is 0 Å². The van der Waals surface area contributed by atoms with Crippen LogP contribution in [0.5, 0.6) is 0 Å². The first-order valence-corrected chi connectivity index (χ1v) is 8.77. The molecule has 0 fully saturated rings. The number of hydrogen-bond donors (Lipinski definition) is 1. The Labute approximate surface area is 128 Å². The third-order valence-electron chi connectivity index (χ3n) is 3.16. The summed E-state index contributed by atoms with van der Waals surface area (Å²) in [5.41, 5.74) is 1.19. The monoisotopic (exact) mass is 313 g/mol. The zero-order valence-electron chi connectivity index (χ0n) is 11.6. The molecule has 0 saturated carbocycles. The maximum Gasteiger partial charge on any atom is 0.0590 e. The summed E-state index contributed by atoms with van der Waals surface area (Å²) in [6.45, 7) is 7.39. The van der Waals surface area contributed by atoms with Gasteiger partial charge < -0.3 is 5.32 Å². The van der Waals surface area contributed by atoms with Crippen molar-refractivity contribution in [2.45, 2.75) is 39.7 Å². The Morgan fingerprint density at radius 1 is 1.26 bits per heavy atom. The second kappa shape index (κ2) is 6.89. The molecule has 0 amide bonds. The van der Waals surface area contributed by atoms with Crippen molar-refractivity contribution in [3.63, 3.8) is 0 Å². The molecule has 0 radical (unpaired) electrons. The minimum absolute atomic E-state index is 0.333.